The van der Waals surface area contributed by atoms with Crippen molar-refractivity contribution in [2.75, 3.05) is 0 Å². The van der Waals surface area contributed by atoms with Gasteiger partial charge < -0.3 is 5.73 Å². The lowest BCUT2D eigenvalue weighted by molar-refractivity contribution is 0.476. The van der Waals surface area contributed by atoms with Gasteiger partial charge in [0, 0.05) is 10.6 Å². The van der Waals surface area contributed by atoms with Crippen molar-refractivity contribution < 1.29 is 0 Å². The lowest BCUT2D eigenvalue weighted by Gasteiger charge is -2.18. The summed E-state index contributed by atoms with van der Waals surface area (Å²) in [6, 6.07) is 6.03. The van der Waals surface area contributed by atoms with Crippen molar-refractivity contribution >= 4 is 11.6 Å². The Balaban J connectivity index is 2.68. The lowest BCUT2D eigenvalue weighted by atomic mass is 9.95. The minimum Gasteiger partial charge on any atom is -0.326 e. The van der Waals surface area contributed by atoms with E-state index in [0.29, 0.717) is 0 Å². The molecule has 0 saturated carbocycles. The molecule has 1 rings (SSSR count). The van der Waals surface area contributed by atoms with Gasteiger partial charge in [-0.05, 0) is 56.9 Å². The molecule has 0 radical (unpaired) electrons. The summed E-state index contributed by atoms with van der Waals surface area (Å²) in [6.45, 7) is 6.20. The van der Waals surface area contributed by atoms with Crippen LogP contribution in [-0.2, 0) is 6.42 Å². The van der Waals surface area contributed by atoms with E-state index in [1.807, 2.05) is 12.1 Å². The van der Waals surface area contributed by atoms with Crippen molar-refractivity contribution in [3.63, 3.8) is 0 Å². The van der Waals surface area contributed by atoms with Gasteiger partial charge >= 0.3 is 0 Å². The Labute approximate surface area is 91.3 Å². The molecule has 0 bridgehead atoms. The number of rotatable bonds is 3. The first kappa shape index (κ1) is 11.5. The van der Waals surface area contributed by atoms with E-state index in [-0.39, 0.29) is 5.54 Å². The molecule has 78 valence electrons. The molecule has 0 aromatic heterocycles. The van der Waals surface area contributed by atoms with Crippen LogP contribution in [0.4, 0.5) is 0 Å². The van der Waals surface area contributed by atoms with Crippen molar-refractivity contribution in [1.29, 1.82) is 0 Å². The Morgan fingerprint density at radius 1 is 1.36 bits per heavy atom. The van der Waals surface area contributed by atoms with E-state index in [9.17, 15) is 0 Å². The zero-order valence-electron chi connectivity index (χ0n) is 9.10. The fraction of sp³-hybridized carbons (Fsp3) is 0.500. The summed E-state index contributed by atoms with van der Waals surface area (Å²) in [7, 11) is 0. The Morgan fingerprint density at radius 3 is 2.50 bits per heavy atom. The van der Waals surface area contributed by atoms with E-state index in [4.69, 9.17) is 17.3 Å². The molecule has 0 aliphatic rings. The molecule has 0 spiro atoms. The predicted octanol–water partition coefficient (Wildman–Crippen LogP) is 3.32. The van der Waals surface area contributed by atoms with Crippen LogP contribution >= 0.6 is 11.6 Å². The minimum absolute atomic E-state index is 0.0912. The quantitative estimate of drug-likeness (QED) is 0.816. The third-order valence-corrected chi connectivity index (χ3v) is 2.58. The number of benzene rings is 1. The molecule has 14 heavy (non-hydrogen) atoms. The molecular weight excluding hydrogens is 194 g/mol. The van der Waals surface area contributed by atoms with Crippen molar-refractivity contribution in [3.05, 3.63) is 34.3 Å². The highest BCUT2D eigenvalue weighted by Crippen LogP contribution is 2.18. The molecular formula is C12H18ClN. The van der Waals surface area contributed by atoms with Gasteiger partial charge in [0.1, 0.15) is 0 Å². The van der Waals surface area contributed by atoms with E-state index >= 15 is 0 Å². The normalized spacial score (nSPS) is 11.8. The van der Waals surface area contributed by atoms with Crippen LogP contribution in [0.25, 0.3) is 0 Å². The Bertz CT molecular complexity index is 313. The molecule has 0 fully saturated rings. The van der Waals surface area contributed by atoms with Crippen LogP contribution < -0.4 is 5.73 Å². The molecule has 2 heteroatoms. The average Bonchev–Trinajstić information content (AvgIpc) is 2.00. The third-order valence-electron chi connectivity index (χ3n) is 2.34. The van der Waals surface area contributed by atoms with Gasteiger partial charge in [-0.3, -0.25) is 0 Å². The van der Waals surface area contributed by atoms with Crippen molar-refractivity contribution in [3.8, 4) is 0 Å². The van der Waals surface area contributed by atoms with Gasteiger partial charge in [0.2, 0.25) is 0 Å². The summed E-state index contributed by atoms with van der Waals surface area (Å²) in [6.07, 6.45) is 2.02. The van der Waals surface area contributed by atoms with Crippen LogP contribution in [0.15, 0.2) is 18.2 Å². The predicted molar refractivity (Wildman–Crippen MR) is 62.8 cm³/mol. The zero-order chi connectivity index (χ0) is 10.8. The molecule has 1 aromatic carbocycles. The van der Waals surface area contributed by atoms with Crippen molar-refractivity contribution in [1.82, 2.24) is 0 Å². The first-order valence-electron chi connectivity index (χ1n) is 4.92. The largest absolute Gasteiger partial charge is 0.326 e. The Morgan fingerprint density at radius 2 is 2.00 bits per heavy atom. The first-order valence-corrected chi connectivity index (χ1v) is 5.30. The molecule has 1 aromatic rings. The number of halogens is 1. The van der Waals surface area contributed by atoms with Gasteiger partial charge in [-0.15, -0.1) is 0 Å². The Kier molecular flexibility index (Phi) is 3.57. The smallest absolute Gasteiger partial charge is 0.0408 e. The SMILES string of the molecule is Cc1cc(Cl)ccc1CCC(C)(C)N. The van der Waals surface area contributed by atoms with Crippen LogP contribution in [0.2, 0.25) is 5.02 Å². The van der Waals surface area contributed by atoms with Gasteiger partial charge in [0.25, 0.3) is 0 Å². The van der Waals surface area contributed by atoms with Gasteiger partial charge in [0.15, 0.2) is 0 Å². The van der Waals surface area contributed by atoms with Crippen LogP contribution in [0.3, 0.4) is 0 Å². The van der Waals surface area contributed by atoms with Crippen LogP contribution in [0, 0.1) is 6.92 Å². The standard InChI is InChI=1S/C12H18ClN/c1-9-8-11(13)5-4-10(9)6-7-12(2,3)14/h4-5,8H,6-7,14H2,1-3H3. The van der Waals surface area contributed by atoms with Crippen LogP contribution in [0.1, 0.15) is 31.4 Å². The second-order valence-electron chi connectivity index (χ2n) is 4.56. The molecule has 0 saturated heterocycles. The fourth-order valence-corrected chi connectivity index (χ4v) is 1.62. The van der Waals surface area contributed by atoms with Gasteiger partial charge in [-0.2, -0.15) is 0 Å². The fourth-order valence-electron chi connectivity index (χ4n) is 1.40. The van der Waals surface area contributed by atoms with Crippen molar-refractivity contribution in [2.24, 2.45) is 5.73 Å². The monoisotopic (exact) mass is 211 g/mol. The highest BCUT2D eigenvalue weighted by molar-refractivity contribution is 6.30. The van der Waals surface area contributed by atoms with E-state index in [1.54, 1.807) is 0 Å². The van der Waals surface area contributed by atoms with E-state index in [2.05, 4.69) is 26.8 Å². The summed E-state index contributed by atoms with van der Waals surface area (Å²) in [4.78, 5) is 0. The molecule has 0 aliphatic heterocycles. The first-order chi connectivity index (χ1) is 6.38. The van der Waals surface area contributed by atoms with Gasteiger partial charge in [-0.1, -0.05) is 17.7 Å². The Hall–Kier alpha value is -0.530. The molecule has 0 atom stereocenters. The summed E-state index contributed by atoms with van der Waals surface area (Å²) in [5.41, 5.74) is 8.44. The van der Waals surface area contributed by atoms with Crippen molar-refractivity contribution in [2.45, 2.75) is 39.2 Å². The highest BCUT2D eigenvalue weighted by Gasteiger charge is 2.11. The van der Waals surface area contributed by atoms with Crippen LogP contribution in [-0.4, -0.2) is 5.54 Å². The molecule has 0 heterocycles. The topological polar surface area (TPSA) is 26.0 Å². The summed E-state index contributed by atoms with van der Waals surface area (Å²) < 4.78 is 0. The maximum Gasteiger partial charge on any atom is 0.0408 e. The number of nitrogens with two attached hydrogens (primary N) is 1. The zero-order valence-corrected chi connectivity index (χ0v) is 9.86. The highest BCUT2D eigenvalue weighted by atomic mass is 35.5. The summed E-state index contributed by atoms with van der Waals surface area (Å²) in [5, 5.41) is 0.804. The maximum atomic E-state index is 5.94. The lowest BCUT2D eigenvalue weighted by Crippen LogP contribution is -2.32. The van der Waals surface area contributed by atoms with E-state index in [0.717, 1.165) is 17.9 Å². The van der Waals surface area contributed by atoms with Crippen LogP contribution in [0.5, 0.6) is 0 Å². The van der Waals surface area contributed by atoms with E-state index < -0.39 is 0 Å². The molecule has 1 nitrogen and oxygen atoms in total. The minimum atomic E-state index is -0.0912. The summed E-state index contributed by atoms with van der Waals surface area (Å²) >= 11 is 5.88. The molecule has 0 amide bonds. The molecule has 2 N–H and O–H groups in total. The second-order valence-corrected chi connectivity index (χ2v) is 5.00. The molecule has 0 unspecified atom stereocenters. The number of aryl methyl sites for hydroxylation is 2. The average molecular weight is 212 g/mol. The van der Waals surface area contributed by atoms with Gasteiger partial charge in [0.05, 0.1) is 0 Å². The number of hydrogen-bond acceptors (Lipinski definition) is 1. The second kappa shape index (κ2) is 4.33. The molecule has 0 aliphatic carbocycles. The van der Waals surface area contributed by atoms with Gasteiger partial charge in [-0.25, -0.2) is 0 Å². The third kappa shape index (κ3) is 3.69. The summed E-state index contributed by atoms with van der Waals surface area (Å²) in [5.74, 6) is 0. The van der Waals surface area contributed by atoms with E-state index in [1.165, 1.54) is 11.1 Å². The number of hydrogen-bond donors (Lipinski definition) is 1. The maximum absolute atomic E-state index is 5.94.